The molecule has 0 spiro atoms. The number of nitrogens with one attached hydrogen (secondary N) is 2. The van der Waals surface area contributed by atoms with Gasteiger partial charge in [0.15, 0.2) is 0 Å². The van der Waals surface area contributed by atoms with Crippen molar-refractivity contribution in [2.24, 2.45) is 0 Å². The average Bonchev–Trinajstić information content (AvgIpc) is 2.90. The summed E-state index contributed by atoms with van der Waals surface area (Å²) in [6.07, 6.45) is 1.84. The summed E-state index contributed by atoms with van der Waals surface area (Å²) in [4.78, 5) is 15.7. The van der Waals surface area contributed by atoms with Crippen LogP contribution in [-0.4, -0.2) is 10.9 Å². The Morgan fingerprint density at radius 2 is 1.86 bits per heavy atom. The highest BCUT2D eigenvalue weighted by Gasteiger charge is 2.13. The second-order valence-electron chi connectivity index (χ2n) is 5.12. The number of aromatic nitrogens is 1. The Morgan fingerprint density at radius 1 is 1.14 bits per heavy atom. The molecule has 0 saturated carbocycles. The maximum atomic E-state index is 12.6. The largest absolute Gasteiger partial charge is 0.361 e. The number of rotatable bonds is 2. The third-order valence-electron chi connectivity index (χ3n) is 3.57. The van der Waals surface area contributed by atoms with Crippen molar-refractivity contribution in [2.45, 2.75) is 13.8 Å². The molecule has 1 amide bonds. The summed E-state index contributed by atoms with van der Waals surface area (Å²) in [5.41, 5.74) is 4.45. The first kappa shape index (κ1) is 13.9. The highest BCUT2D eigenvalue weighted by atomic mass is 79.9. The molecular weight excluding hydrogens is 328 g/mol. The molecule has 1 heterocycles. The van der Waals surface area contributed by atoms with Gasteiger partial charge in [-0.25, -0.2) is 0 Å². The van der Waals surface area contributed by atoms with Gasteiger partial charge in [0, 0.05) is 21.7 Å². The smallest absolute Gasteiger partial charge is 0.257 e. The van der Waals surface area contributed by atoms with E-state index in [1.54, 1.807) is 0 Å². The molecular formula is C17H15BrN2O. The van der Waals surface area contributed by atoms with Crippen LogP contribution in [0.1, 0.15) is 21.5 Å². The number of aromatic amines is 1. The standard InChI is InChI=1S/C17H15BrN2O/c1-10-8-13(18)9-11(2)15(10)20-17(21)14-5-3-4-12-6-7-19-16(12)14/h3-9,19H,1-2H3,(H,20,21). The Kier molecular flexibility index (Phi) is 3.55. The van der Waals surface area contributed by atoms with Crippen molar-refractivity contribution in [2.75, 3.05) is 5.32 Å². The van der Waals surface area contributed by atoms with Crippen LogP contribution in [0, 0.1) is 13.8 Å². The molecule has 3 rings (SSSR count). The molecule has 3 aromatic rings. The molecule has 106 valence electrons. The van der Waals surface area contributed by atoms with Crippen LogP contribution >= 0.6 is 15.9 Å². The van der Waals surface area contributed by atoms with Crippen LogP contribution in [0.2, 0.25) is 0 Å². The van der Waals surface area contributed by atoms with Crippen molar-refractivity contribution in [3.8, 4) is 0 Å². The third-order valence-corrected chi connectivity index (χ3v) is 4.03. The maximum Gasteiger partial charge on any atom is 0.257 e. The number of halogens is 1. The first-order valence-corrected chi connectivity index (χ1v) is 7.50. The van der Waals surface area contributed by atoms with Crippen molar-refractivity contribution in [3.63, 3.8) is 0 Å². The number of carbonyl (C=O) groups is 1. The molecule has 4 heteroatoms. The Morgan fingerprint density at radius 3 is 2.57 bits per heavy atom. The Balaban J connectivity index is 1.99. The Bertz CT molecular complexity index is 813. The molecule has 2 N–H and O–H groups in total. The second kappa shape index (κ2) is 5.37. The normalized spacial score (nSPS) is 10.8. The summed E-state index contributed by atoms with van der Waals surface area (Å²) >= 11 is 3.47. The van der Waals surface area contributed by atoms with Gasteiger partial charge in [0.2, 0.25) is 0 Å². The number of benzene rings is 2. The average molecular weight is 343 g/mol. The third kappa shape index (κ3) is 2.59. The monoisotopic (exact) mass is 342 g/mol. The van der Waals surface area contributed by atoms with Crippen LogP contribution in [0.4, 0.5) is 5.69 Å². The minimum atomic E-state index is -0.100. The lowest BCUT2D eigenvalue weighted by Crippen LogP contribution is -2.14. The molecule has 0 aliphatic heterocycles. The van der Waals surface area contributed by atoms with Crippen LogP contribution in [0.15, 0.2) is 47.1 Å². The van der Waals surface area contributed by atoms with Gasteiger partial charge in [0.25, 0.3) is 5.91 Å². The van der Waals surface area contributed by atoms with Gasteiger partial charge in [-0.1, -0.05) is 28.1 Å². The lowest BCUT2D eigenvalue weighted by Gasteiger charge is -2.13. The van der Waals surface area contributed by atoms with Gasteiger partial charge in [0.1, 0.15) is 0 Å². The fourth-order valence-corrected chi connectivity index (χ4v) is 3.25. The summed E-state index contributed by atoms with van der Waals surface area (Å²) in [5.74, 6) is -0.100. The molecule has 0 unspecified atom stereocenters. The number of aryl methyl sites for hydroxylation is 2. The first-order chi connectivity index (χ1) is 10.1. The lowest BCUT2D eigenvalue weighted by molar-refractivity contribution is 0.102. The van der Waals surface area contributed by atoms with Crippen molar-refractivity contribution in [1.29, 1.82) is 0 Å². The van der Waals surface area contributed by atoms with Gasteiger partial charge in [-0.15, -0.1) is 0 Å². The van der Waals surface area contributed by atoms with E-state index in [0.717, 1.165) is 32.2 Å². The zero-order valence-corrected chi connectivity index (χ0v) is 13.4. The topological polar surface area (TPSA) is 44.9 Å². The van der Waals surface area contributed by atoms with E-state index in [0.29, 0.717) is 5.56 Å². The molecule has 0 aliphatic rings. The Hall–Kier alpha value is -2.07. The Labute approximate surface area is 131 Å². The van der Waals surface area contributed by atoms with Crippen LogP contribution in [-0.2, 0) is 0 Å². The van der Waals surface area contributed by atoms with Crippen molar-refractivity contribution in [3.05, 3.63) is 63.8 Å². The van der Waals surface area contributed by atoms with Gasteiger partial charge in [-0.2, -0.15) is 0 Å². The molecule has 0 radical (unpaired) electrons. The van der Waals surface area contributed by atoms with Crippen molar-refractivity contribution >= 4 is 38.4 Å². The van der Waals surface area contributed by atoms with E-state index in [9.17, 15) is 4.79 Å². The summed E-state index contributed by atoms with van der Waals surface area (Å²) in [7, 11) is 0. The minimum Gasteiger partial charge on any atom is -0.361 e. The van der Waals surface area contributed by atoms with Crippen LogP contribution in [0.3, 0.4) is 0 Å². The highest BCUT2D eigenvalue weighted by molar-refractivity contribution is 9.10. The molecule has 0 atom stereocenters. The van der Waals surface area contributed by atoms with Crippen LogP contribution in [0.25, 0.3) is 10.9 Å². The number of fused-ring (bicyclic) bond motifs is 1. The fraction of sp³-hybridized carbons (Fsp3) is 0.118. The first-order valence-electron chi connectivity index (χ1n) is 6.70. The van der Waals surface area contributed by atoms with E-state index < -0.39 is 0 Å². The highest BCUT2D eigenvalue weighted by Crippen LogP contribution is 2.26. The number of H-pyrrole nitrogens is 1. The molecule has 21 heavy (non-hydrogen) atoms. The predicted molar refractivity (Wildman–Crippen MR) is 89.9 cm³/mol. The fourth-order valence-electron chi connectivity index (χ4n) is 2.56. The van der Waals surface area contributed by atoms with E-state index >= 15 is 0 Å². The second-order valence-corrected chi connectivity index (χ2v) is 6.03. The molecule has 2 aromatic carbocycles. The predicted octanol–water partition coefficient (Wildman–Crippen LogP) is 4.80. The SMILES string of the molecule is Cc1cc(Br)cc(C)c1NC(=O)c1cccc2cc[nH]c12. The van der Waals surface area contributed by atoms with E-state index in [1.165, 1.54) is 0 Å². The number of carbonyl (C=O) groups excluding carboxylic acids is 1. The molecule has 3 nitrogen and oxygen atoms in total. The summed E-state index contributed by atoms with van der Waals surface area (Å²) < 4.78 is 1.02. The summed E-state index contributed by atoms with van der Waals surface area (Å²) in [6.45, 7) is 3.98. The van der Waals surface area contributed by atoms with Crippen molar-refractivity contribution < 1.29 is 4.79 Å². The van der Waals surface area contributed by atoms with E-state index in [4.69, 9.17) is 0 Å². The number of hydrogen-bond donors (Lipinski definition) is 2. The van der Waals surface area contributed by atoms with Crippen LogP contribution in [0.5, 0.6) is 0 Å². The van der Waals surface area contributed by atoms with Gasteiger partial charge >= 0.3 is 0 Å². The zero-order chi connectivity index (χ0) is 15.0. The maximum absolute atomic E-state index is 12.6. The molecule has 1 aromatic heterocycles. The quantitative estimate of drug-likeness (QED) is 0.690. The molecule has 0 bridgehead atoms. The van der Waals surface area contributed by atoms with Gasteiger partial charge in [-0.3, -0.25) is 4.79 Å². The van der Waals surface area contributed by atoms with E-state index in [-0.39, 0.29) is 5.91 Å². The lowest BCUT2D eigenvalue weighted by atomic mass is 10.1. The van der Waals surface area contributed by atoms with Crippen molar-refractivity contribution in [1.82, 2.24) is 4.98 Å². The van der Waals surface area contributed by atoms with Crippen LogP contribution < -0.4 is 5.32 Å². The van der Waals surface area contributed by atoms with Gasteiger partial charge in [-0.05, 0) is 49.2 Å². The number of para-hydroxylation sites is 1. The number of amides is 1. The van der Waals surface area contributed by atoms with Gasteiger partial charge in [0.05, 0.1) is 11.1 Å². The summed E-state index contributed by atoms with van der Waals surface area (Å²) in [5, 5.41) is 4.06. The number of hydrogen-bond acceptors (Lipinski definition) is 1. The summed E-state index contributed by atoms with van der Waals surface area (Å²) in [6, 6.07) is 11.7. The van der Waals surface area contributed by atoms with E-state index in [1.807, 2.05) is 56.4 Å². The minimum absolute atomic E-state index is 0.100. The van der Waals surface area contributed by atoms with E-state index in [2.05, 4.69) is 26.2 Å². The molecule has 0 saturated heterocycles. The zero-order valence-electron chi connectivity index (χ0n) is 11.8. The van der Waals surface area contributed by atoms with Gasteiger partial charge < -0.3 is 10.3 Å². The molecule has 0 aliphatic carbocycles. The number of anilines is 1. The molecule has 0 fully saturated rings.